The van der Waals surface area contributed by atoms with Gasteiger partial charge in [-0.05, 0) is 25.1 Å². The Morgan fingerprint density at radius 2 is 2.00 bits per heavy atom. The van der Waals surface area contributed by atoms with Gasteiger partial charge in [-0.2, -0.15) is 0 Å². The third kappa shape index (κ3) is 4.83. The zero-order valence-corrected chi connectivity index (χ0v) is 13.4. The first kappa shape index (κ1) is 17.5. The van der Waals surface area contributed by atoms with Crippen molar-refractivity contribution in [3.63, 3.8) is 0 Å². The number of aryl methyl sites for hydroxylation is 1. The van der Waals surface area contributed by atoms with Crippen LogP contribution in [-0.2, 0) is 19.6 Å². The maximum atomic E-state index is 11.8. The molecule has 1 heterocycles. The third-order valence-corrected chi connectivity index (χ3v) is 3.68. The molecule has 9 nitrogen and oxygen atoms in total. The molecule has 2 rings (SSSR count). The topological polar surface area (TPSA) is 141 Å². The van der Waals surface area contributed by atoms with E-state index in [9.17, 15) is 18.0 Å². The van der Waals surface area contributed by atoms with Crippen molar-refractivity contribution in [2.24, 2.45) is 5.14 Å². The summed E-state index contributed by atoms with van der Waals surface area (Å²) in [6.45, 7) is 1.15. The lowest BCUT2D eigenvalue weighted by molar-refractivity contribution is -0.119. The number of rotatable bonds is 5. The molecule has 0 unspecified atom stereocenters. The Labute approximate surface area is 137 Å². The summed E-state index contributed by atoms with van der Waals surface area (Å²) < 4.78 is 27.3. The summed E-state index contributed by atoms with van der Waals surface area (Å²) in [7, 11) is -3.88. The molecule has 10 heteroatoms. The normalized spacial score (nSPS) is 10.9. The number of sulfonamides is 1. The molecule has 0 saturated heterocycles. The van der Waals surface area contributed by atoms with Crippen molar-refractivity contribution in [2.45, 2.75) is 11.8 Å². The summed E-state index contributed by atoms with van der Waals surface area (Å²) in [6.07, 6.45) is 2.64. The summed E-state index contributed by atoms with van der Waals surface area (Å²) in [5.74, 6) is -1.44. The van der Waals surface area contributed by atoms with Gasteiger partial charge in [-0.25, -0.2) is 23.3 Å². The maximum absolute atomic E-state index is 11.8. The Hall–Kier alpha value is -2.85. The monoisotopic (exact) mass is 350 g/mol. The van der Waals surface area contributed by atoms with Crippen LogP contribution in [-0.4, -0.2) is 36.9 Å². The number of nitrogens with two attached hydrogens (primary N) is 1. The van der Waals surface area contributed by atoms with E-state index in [1.165, 1.54) is 36.7 Å². The number of esters is 1. The molecule has 0 aliphatic carbocycles. The van der Waals surface area contributed by atoms with Crippen LogP contribution in [0.15, 0.2) is 41.6 Å². The van der Waals surface area contributed by atoms with Gasteiger partial charge in [0.2, 0.25) is 10.0 Å². The average Bonchev–Trinajstić information content (AvgIpc) is 2.53. The van der Waals surface area contributed by atoms with E-state index in [0.717, 1.165) is 0 Å². The second kappa shape index (κ2) is 7.15. The van der Waals surface area contributed by atoms with E-state index < -0.39 is 28.5 Å². The second-order valence-corrected chi connectivity index (χ2v) is 6.30. The molecular weight excluding hydrogens is 336 g/mol. The maximum Gasteiger partial charge on any atom is 0.359 e. The highest BCUT2D eigenvalue weighted by Crippen LogP contribution is 2.14. The van der Waals surface area contributed by atoms with Crippen LogP contribution in [0.1, 0.15) is 16.2 Å². The molecule has 0 bridgehead atoms. The van der Waals surface area contributed by atoms with Gasteiger partial charge in [-0.1, -0.05) is 6.07 Å². The summed E-state index contributed by atoms with van der Waals surface area (Å²) in [5.41, 5.74) is 0.821. The van der Waals surface area contributed by atoms with Gasteiger partial charge < -0.3 is 10.1 Å². The number of aromatic nitrogens is 2. The summed E-state index contributed by atoms with van der Waals surface area (Å²) in [5, 5.41) is 7.41. The fourth-order valence-corrected chi connectivity index (χ4v) is 2.21. The predicted octanol–water partition coefficient (Wildman–Crippen LogP) is 0.228. The zero-order valence-electron chi connectivity index (χ0n) is 12.6. The third-order valence-electron chi connectivity index (χ3n) is 2.77. The van der Waals surface area contributed by atoms with Gasteiger partial charge in [-0.15, -0.1) is 0 Å². The van der Waals surface area contributed by atoms with Crippen LogP contribution in [0.5, 0.6) is 0 Å². The highest BCUT2D eigenvalue weighted by molar-refractivity contribution is 7.89. The average molecular weight is 350 g/mol. The predicted molar refractivity (Wildman–Crippen MR) is 83.5 cm³/mol. The van der Waals surface area contributed by atoms with Crippen molar-refractivity contribution in [3.8, 4) is 0 Å². The fraction of sp³-hybridized carbons (Fsp3) is 0.143. The molecule has 0 saturated carbocycles. The van der Waals surface area contributed by atoms with Crippen LogP contribution in [0.25, 0.3) is 0 Å². The molecule has 0 aliphatic heterocycles. The van der Waals surface area contributed by atoms with Gasteiger partial charge >= 0.3 is 5.97 Å². The van der Waals surface area contributed by atoms with E-state index in [2.05, 4.69) is 15.3 Å². The minimum absolute atomic E-state index is 0.0235. The molecule has 126 valence electrons. The van der Waals surface area contributed by atoms with Gasteiger partial charge in [0.15, 0.2) is 12.3 Å². The van der Waals surface area contributed by atoms with Crippen LogP contribution in [0, 0.1) is 6.92 Å². The number of anilines is 1. The molecule has 2 aromatic rings. The number of benzene rings is 1. The highest BCUT2D eigenvalue weighted by atomic mass is 32.2. The number of nitrogens with zero attached hydrogens (tertiary/aromatic N) is 2. The van der Waals surface area contributed by atoms with Crippen LogP contribution in [0.4, 0.5) is 5.69 Å². The number of primary sulfonamides is 1. The van der Waals surface area contributed by atoms with Gasteiger partial charge in [0.05, 0.1) is 16.8 Å². The van der Waals surface area contributed by atoms with E-state index in [4.69, 9.17) is 9.88 Å². The molecular formula is C14H14N4O5S. The number of carbonyl (C=O) groups is 2. The van der Waals surface area contributed by atoms with Crippen LogP contribution >= 0.6 is 0 Å². The standard InChI is InChI=1S/C14H14N4O5S/c1-9-6-17-12(7-16-9)14(20)23-8-13(19)18-10-3-2-4-11(5-10)24(15,21)22/h2-7H,8H2,1H3,(H,18,19)(H2,15,21,22). The van der Waals surface area contributed by atoms with E-state index in [1.54, 1.807) is 6.92 Å². The molecule has 3 N–H and O–H groups in total. The van der Waals surface area contributed by atoms with Gasteiger partial charge in [0.25, 0.3) is 5.91 Å². The SMILES string of the molecule is Cc1cnc(C(=O)OCC(=O)Nc2cccc(S(N)(=O)=O)c2)cn1. The van der Waals surface area contributed by atoms with Crippen molar-refractivity contribution in [1.82, 2.24) is 9.97 Å². The Kier molecular flexibility index (Phi) is 5.21. The number of hydrogen-bond donors (Lipinski definition) is 2. The molecule has 24 heavy (non-hydrogen) atoms. The Balaban J connectivity index is 1.94. The molecule has 0 spiro atoms. The first-order valence-corrected chi connectivity index (χ1v) is 8.19. The van der Waals surface area contributed by atoms with E-state index in [-0.39, 0.29) is 16.3 Å². The van der Waals surface area contributed by atoms with Gasteiger partial charge in [0.1, 0.15) is 0 Å². The van der Waals surface area contributed by atoms with E-state index in [0.29, 0.717) is 5.69 Å². The number of amides is 1. The molecule has 1 aromatic carbocycles. The highest BCUT2D eigenvalue weighted by Gasteiger charge is 2.13. The van der Waals surface area contributed by atoms with Crippen LogP contribution in [0.3, 0.4) is 0 Å². The van der Waals surface area contributed by atoms with E-state index in [1.807, 2.05) is 0 Å². The number of ether oxygens (including phenoxy) is 1. The molecule has 0 radical (unpaired) electrons. The Morgan fingerprint density at radius 1 is 1.25 bits per heavy atom. The number of carbonyl (C=O) groups excluding carboxylic acids is 2. The lowest BCUT2D eigenvalue weighted by atomic mass is 10.3. The summed E-state index contributed by atoms with van der Waals surface area (Å²) in [6, 6.07) is 5.38. The molecule has 1 amide bonds. The minimum atomic E-state index is -3.88. The number of nitrogens with one attached hydrogen (secondary N) is 1. The zero-order chi connectivity index (χ0) is 17.7. The van der Waals surface area contributed by atoms with Crippen molar-refractivity contribution in [2.75, 3.05) is 11.9 Å². The second-order valence-electron chi connectivity index (χ2n) is 4.74. The van der Waals surface area contributed by atoms with Crippen molar-refractivity contribution < 1.29 is 22.7 Å². The molecule has 1 aromatic heterocycles. The summed E-state index contributed by atoms with van der Waals surface area (Å²) in [4.78, 5) is 31.0. The summed E-state index contributed by atoms with van der Waals surface area (Å²) >= 11 is 0. The lowest BCUT2D eigenvalue weighted by Gasteiger charge is -2.07. The van der Waals surface area contributed by atoms with Crippen LogP contribution in [0.2, 0.25) is 0 Å². The lowest BCUT2D eigenvalue weighted by Crippen LogP contribution is -2.21. The minimum Gasteiger partial charge on any atom is -0.451 e. The molecule has 0 aliphatic rings. The Morgan fingerprint density at radius 3 is 2.62 bits per heavy atom. The fourth-order valence-electron chi connectivity index (χ4n) is 1.65. The van der Waals surface area contributed by atoms with E-state index >= 15 is 0 Å². The number of hydrogen-bond acceptors (Lipinski definition) is 7. The first-order valence-electron chi connectivity index (χ1n) is 6.64. The van der Waals surface area contributed by atoms with Crippen molar-refractivity contribution in [1.29, 1.82) is 0 Å². The van der Waals surface area contributed by atoms with Gasteiger partial charge in [-0.3, -0.25) is 9.78 Å². The van der Waals surface area contributed by atoms with Gasteiger partial charge in [0, 0.05) is 11.9 Å². The molecule has 0 atom stereocenters. The van der Waals surface area contributed by atoms with Crippen molar-refractivity contribution in [3.05, 3.63) is 48.0 Å². The Bertz CT molecular complexity index is 865. The van der Waals surface area contributed by atoms with Crippen LogP contribution < -0.4 is 10.5 Å². The smallest absolute Gasteiger partial charge is 0.359 e. The first-order chi connectivity index (χ1) is 11.3. The largest absolute Gasteiger partial charge is 0.451 e. The molecule has 0 fully saturated rings. The quantitative estimate of drug-likeness (QED) is 0.735. The van der Waals surface area contributed by atoms with Crippen molar-refractivity contribution >= 4 is 27.6 Å².